The molecule has 4 nitrogen and oxygen atoms in total. The number of amides is 1. The maximum absolute atomic E-state index is 12.5. The summed E-state index contributed by atoms with van der Waals surface area (Å²) in [7, 11) is 0. The minimum atomic E-state index is -0.486. The van der Waals surface area contributed by atoms with Crippen molar-refractivity contribution in [1.82, 2.24) is 9.88 Å². The van der Waals surface area contributed by atoms with Crippen molar-refractivity contribution in [2.24, 2.45) is 0 Å². The van der Waals surface area contributed by atoms with Crippen LogP contribution in [0.15, 0.2) is 54.7 Å². The van der Waals surface area contributed by atoms with Gasteiger partial charge in [-0.15, -0.1) is 0 Å². The van der Waals surface area contributed by atoms with Gasteiger partial charge in [-0.3, -0.25) is 4.98 Å². The van der Waals surface area contributed by atoms with E-state index in [0.29, 0.717) is 13.1 Å². The molecule has 0 saturated carbocycles. The molecule has 1 aromatic carbocycles. The van der Waals surface area contributed by atoms with E-state index in [1.165, 1.54) is 0 Å². The molecular weight excluding hydrogens is 312 g/mol. The normalized spacial score (nSPS) is 11.2. The second kappa shape index (κ2) is 9.21. The van der Waals surface area contributed by atoms with Gasteiger partial charge >= 0.3 is 6.09 Å². The van der Waals surface area contributed by atoms with Crippen molar-refractivity contribution in [1.29, 1.82) is 0 Å². The fraction of sp³-hybridized carbons (Fsp3) is 0.429. The highest BCUT2D eigenvalue weighted by Gasteiger charge is 2.22. The molecule has 2 rings (SSSR count). The lowest BCUT2D eigenvalue weighted by Gasteiger charge is -2.27. The molecule has 1 aromatic heterocycles. The van der Waals surface area contributed by atoms with Crippen molar-refractivity contribution in [2.45, 2.75) is 52.2 Å². The summed E-state index contributed by atoms with van der Waals surface area (Å²) >= 11 is 0. The Balaban J connectivity index is 1.90. The molecule has 134 valence electrons. The minimum absolute atomic E-state index is 0.255. The summed E-state index contributed by atoms with van der Waals surface area (Å²) in [5.41, 5.74) is 1.72. The van der Waals surface area contributed by atoms with Crippen LogP contribution in [0, 0.1) is 0 Å². The van der Waals surface area contributed by atoms with E-state index in [0.717, 1.165) is 30.5 Å². The summed E-state index contributed by atoms with van der Waals surface area (Å²) in [4.78, 5) is 18.7. The lowest BCUT2D eigenvalue weighted by atomic mass is 10.1. The van der Waals surface area contributed by atoms with E-state index in [9.17, 15) is 4.79 Å². The Morgan fingerprint density at radius 3 is 2.40 bits per heavy atom. The third kappa shape index (κ3) is 7.38. The Morgan fingerprint density at radius 1 is 1.04 bits per heavy atom. The van der Waals surface area contributed by atoms with Gasteiger partial charge in [-0.05, 0) is 57.7 Å². The Morgan fingerprint density at radius 2 is 1.76 bits per heavy atom. The number of hydrogen-bond acceptors (Lipinski definition) is 3. The third-order valence-electron chi connectivity index (χ3n) is 3.71. The van der Waals surface area contributed by atoms with Crippen molar-refractivity contribution < 1.29 is 9.53 Å². The molecule has 2 aromatic rings. The number of hydrogen-bond donors (Lipinski definition) is 0. The van der Waals surface area contributed by atoms with Gasteiger partial charge in [0.15, 0.2) is 0 Å². The molecular formula is C21H28N2O2. The smallest absolute Gasteiger partial charge is 0.410 e. The number of unbranched alkanes of at least 4 members (excludes halogenated alkanes) is 1. The first-order valence-electron chi connectivity index (χ1n) is 8.86. The van der Waals surface area contributed by atoms with Crippen LogP contribution in [0.4, 0.5) is 4.79 Å². The number of pyridine rings is 1. The summed E-state index contributed by atoms with van der Waals surface area (Å²) in [6, 6.07) is 16.0. The van der Waals surface area contributed by atoms with Crippen molar-refractivity contribution >= 4 is 6.09 Å². The molecule has 1 heterocycles. The van der Waals surface area contributed by atoms with Crippen LogP contribution < -0.4 is 0 Å². The predicted molar refractivity (Wildman–Crippen MR) is 100 cm³/mol. The van der Waals surface area contributed by atoms with Crippen molar-refractivity contribution in [3.8, 4) is 0 Å². The molecule has 0 unspecified atom stereocenters. The number of nitrogens with zero attached hydrogens (tertiary/aromatic N) is 2. The van der Waals surface area contributed by atoms with Crippen molar-refractivity contribution in [2.75, 3.05) is 6.54 Å². The number of aromatic nitrogens is 1. The Labute approximate surface area is 150 Å². The maximum atomic E-state index is 12.5. The van der Waals surface area contributed by atoms with Gasteiger partial charge in [0.2, 0.25) is 0 Å². The van der Waals surface area contributed by atoms with Crippen LogP contribution in [-0.2, 0) is 17.7 Å². The predicted octanol–water partition coefficient (Wildman–Crippen LogP) is 4.84. The second-order valence-corrected chi connectivity index (χ2v) is 7.17. The van der Waals surface area contributed by atoms with Gasteiger partial charge in [0.25, 0.3) is 0 Å². The van der Waals surface area contributed by atoms with E-state index in [2.05, 4.69) is 4.98 Å². The molecule has 0 radical (unpaired) electrons. The van der Waals surface area contributed by atoms with Gasteiger partial charge < -0.3 is 9.64 Å². The topological polar surface area (TPSA) is 42.4 Å². The van der Waals surface area contributed by atoms with Gasteiger partial charge in [-0.1, -0.05) is 36.4 Å². The molecule has 0 saturated heterocycles. The summed E-state index contributed by atoms with van der Waals surface area (Å²) in [5, 5.41) is 0. The fourth-order valence-electron chi connectivity index (χ4n) is 2.52. The minimum Gasteiger partial charge on any atom is -0.444 e. The molecule has 0 bridgehead atoms. The Bertz CT molecular complexity index is 636. The average Bonchev–Trinajstić information content (AvgIpc) is 2.58. The van der Waals surface area contributed by atoms with Gasteiger partial charge in [0.05, 0.1) is 0 Å². The number of rotatable bonds is 7. The van der Waals surface area contributed by atoms with E-state index < -0.39 is 5.60 Å². The number of aryl methyl sites for hydroxylation is 1. The van der Waals surface area contributed by atoms with E-state index >= 15 is 0 Å². The molecule has 0 aliphatic heterocycles. The lowest BCUT2D eigenvalue weighted by Crippen LogP contribution is -2.37. The Hall–Kier alpha value is -2.36. The highest BCUT2D eigenvalue weighted by atomic mass is 16.6. The summed E-state index contributed by atoms with van der Waals surface area (Å²) in [6.45, 7) is 6.93. The fourth-order valence-corrected chi connectivity index (χ4v) is 2.52. The second-order valence-electron chi connectivity index (χ2n) is 7.17. The van der Waals surface area contributed by atoms with E-state index in [4.69, 9.17) is 4.74 Å². The van der Waals surface area contributed by atoms with Crippen LogP contribution in [0.5, 0.6) is 0 Å². The number of ether oxygens (including phenoxy) is 1. The summed E-state index contributed by atoms with van der Waals surface area (Å²) in [6.07, 6.45) is 4.40. The van der Waals surface area contributed by atoms with Crippen molar-refractivity contribution in [3.63, 3.8) is 0 Å². The number of benzene rings is 1. The SMILES string of the molecule is CC(C)(C)OC(=O)N(CCCCc1ccccn1)Cc1ccccc1. The molecule has 25 heavy (non-hydrogen) atoms. The first kappa shape index (κ1) is 19.0. The van der Waals surface area contributed by atoms with Crippen LogP contribution in [0.1, 0.15) is 44.9 Å². The summed E-state index contributed by atoms with van der Waals surface area (Å²) < 4.78 is 5.56. The zero-order valence-corrected chi connectivity index (χ0v) is 15.4. The number of carbonyl (C=O) groups is 1. The van der Waals surface area contributed by atoms with Gasteiger partial charge in [-0.2, -0.15) is 0 Å². The maximum Gasteiger partial charge on any atom is 0.410 e. The monoisotopic (exact) mass is 340 g/mol. The van der Waals surface area contributed by atoms with Gasteiger partial charge in [0.1, 0.15) is 5.60 Å². The third-order valence-corrected chi connectivity index (χ3v) is 3.71. The highest BCUT2D eigenvalue weighted by molar-refractivity contribution is 5.68. The standard InChI is InChI=1S/C21H28N2O2/c1-21(2,3)25-20(24)23(17-18-11-5-4-6-12-18)16-10-8-14-19-13-7-9-15-22-19/h4-7,9,11-13,15H,8,10,14,16-17H2,1-3H3. The Kier molecular flexibility index (Phi) is 6.99. The van der Waals surface area contributed by atoms with Crippen LogP contribution in [-0.4, -0.2) is 28.1 Å². The number of carbonyl (C=O) groups excluding carboxylic acids is 1. The molecule has 0 N–H and O–H groups in total. The first-order chi connectivity index (χ1) is 11.9. The van der Waals surface area contributed by atoms with Crippen LogP contribution in [0.2, 0.25) is 0 Å². The van der Waals surface area contributed by atoms with Crippen molar-refractivity contribution in [3.05, 3.63) is 66.0 Å². The quantitative estimate of drug-likeness (QED) is 0.677. The van der Waals surface area contributed by atoms with Gasteiger partial charge in [-0.25, -0.2) is 4.79 Å². The zero-order valence-electron chi connectivity index (χ0n) is 15.4. The average molecular weight is 340 g/mol. The van der Waals surface area contributed by atoms with E-state index in [1.54, 1.807) is 4.90 Å². The van der Waals surface area contributed by atoms with Crippen LogP contribution in [0.3, 0.4) is 0 Å². The largest absolute Gasteiger partial charge is 0.444 e. The first-order valence-corrected chi connectivity index (χ1v) is 8.86. The molecule has 0 spiro atoms. The molecule has 4 heteroatoms. The molecule has 1 amide bonds. The molecule has 0 aliphatic rings. The zero-order chi connectivity index (χ0) is 18.1. The summed E-state index contributed by atoms with van der Waals surface area (Å²) in [5.74, 6) is 0. The van der Waals surface area contributed by atoms with E-state index in [-0.39, 0.29) is 6.09 Å². The highest BCUT2D eigenvalue weighted by Crippen LogP contribution is 2.14. The molecule has 0 fully saturated rings. The van der Waals surface area contributed by atoms with Crippen LogP contribution in [0.25, 0.3) is 0 Å². The molecule has 0 atom stereocenters. The van der Waals surface area contributed by atoms with Gasteiger partial charge in [0, 0.05) is 25.0 Å². The lowest BCUT2D eigenvalue weighted by molar-refractivity contribution is 0.0230. The molecule has 0 aliphatic carbocycles. The van der Waals surface area contributed by atoms with Crippen LogP contribution >= 0.6 is 0 Å². The van der Waals surface area contributed by atoms with E-state index in [1.807, 2.05) is 75.5 Å².